The molecule has 1 atom stereocenters. The fourth-order valence-corrected chi connectivity index (χ4v) is 2.91. The quantitative estimate of drug-likeness (QED) is 0.819. The summed E-state index contributed by atoms with van der Waals surface area (Å²) in [6.07, 6.45) is 1.15. The Morgan fingerprint density at radius 2 is 2.38 bits per heavy atom. The summed E-state index contributed by atoms with van der Waals surface area (Å²) < 4.78 is 2.11. The first-order valence-electron chi connectivity index (χ1n) is 5.64. The summed E-state index contributed by atoms with van der Waals surface area (Å²) in [5.74, 6) is 1.15. The van der Waals surface area contributed by atoms with Crippen molar-refractivity contribution in [2.75, 3.05) is 11.9 Å². The molecule has 84 valence electrons. The molecule has 3 heterocycles. The van der Waals surface area contributed by atoms with E-state index in [1.807, 2.05) is 0 Å². The fourth-order valence-electron chi connectivity index (χ4n) is 2.09. The fraction of sp³-hybridized carbons (Fsp3) is 0.417. The molecule has 2 aromatic heterocycles. The van der Waals surface area contributed by atoms with Crippen molar-refractivity contribution in [1.82, 2.24) is 9.78 Å². The molecule has 0 aliphatic carbocycles. The molecule has 0 saturated heterocycles. The monoisotopic (exact) mass is 233 g/mol. The molecule has 1 aliphatic heterocycles. The molecule has 0 saturated carbocycles. The van der Waals surface area contributed by atoms with Crippen LogP contribution in [0.5, 0.6) is 0 Å². The van der Waals surface area contributed by atoms with Gasteiger partial charge in [0.15, 0.2) is 0 Å². The summed E-state index contributed by atoms with van der Waals surface area (Å²) in [5.41, 5.74) is 1.09. The van der Waals surface area contributed by atoms with Crippen molar-refractivity contribution in [3.63, 3.8) is 0 Å². The Kier molecular flexibility index (Phi) is 2.24. The number of hydrogen-bond donors (Lipinski definition) is 1. The summed E-state index contributed by atoms with van der Waals surface area (Å²) >= 11 is 1.80. The number of anilines is 1. The van der Waals surface area contributed by atoms with Crippen LogP contribution in [0.1, 0.15) is 24.3 Å². The van der Waals surface area contributed by atoms with Crippen LogP contribution in [0.4, 0.5) is 5.82 Å². The zero-order valence-corrected chi connectivity index (χ0v) is 10.3. The zero-order chi connectivity index (χ0) is 11.1. The number of hydrogen-bond acceptors (Lipinski definition) is 3. The minimum atomic E-state index is 0.506. The zero-order valence-electron chi connectivity index (χ0n) is 9.53. The molecule has 1 unspecified atom stereocenters. The molecular weight excluding hydrogens is 218 g/mol. The minimum Gasteiger partial charge on any atom is -0.370 e. The van der Waals surface area contributed by atoms with Gasteiger partial charge in [-0.15, -0.1) is 11.3 Å². The third-order valence-corrected chi connectivity index (χ3v) is 4.04. The molecule has 3 nitrogen and oxygen atoms in total. The highest BCUT2D eigenvalue weighted by Crippen LogP contribution is 2.31. The average molecular weight is 233 g/mol. The van der Waals surface area contributed by atoms with Gasteiger partial charge in [0.2, 0.25) is 0 Å². The Morgan fingerprint density at radius 1 is 1.50 bits per heavy atom. The van der Waals surface area contributed by atoms with Gasteiger partial charge in [0.05, 0.1) is 10.9 Å². The SMILES string of the molecule is Cc1ccc(-c2cc3n(n2)C(C)CCN3)s1. The minimum absolute atomic E-state index is 0.506. The molecule has 4 heteroatoms. The molecule has 3 rings (SSSR count). The van der Waals surface area contributed by atoms with Crippen LogP contribution < -0.4 is 5.32 Å². The predicted molar refractivity (Wildman–Crippen MR) is 68.1 cm³/mol. The largest absolute Gasteiger partial charge is 0.370 e. The topological polar surface area (TPSA) is 29.9 Å². The van der Waals surface area contributed by atoms with Gasteiger partial charge in [0, 0.05) is 17.5 Å². The van der Waals surface area contributed by atoms with E-state index in [9.17, 15) is 0 Å². The second-order valence-corrected chi connectivity index (χ2v) is 5.62. The number of aromatic nitrogens is 2. The van der Waals surface area contributed by atoms with Crippen LogP contribution in [0.3, 0.4) is 0 Å². The lowest BCUT2D eigenvalue weighted by Crippen LogP contribution is -2.21. The summed E-state index contributed by atoms with van der Waals surface area (Å²) in [7, 11) is 0. The van der Waals surface area contributed by atoms with E-state index in [4.69, 9.17) is 0 Å². The first-order valence-corrected chi connectivity index (χ1v) is 6.46. The van der Waals surface area contributed by atoms with E-state index in [0.29, 0.717) is 6.04 Å². The van der Waals surface area contributed by atoms with Crippen LogP contribution in [-0.4, -0.2) is 16.3 Å². The number of fused-ring (bicyclic) bond motifs is 1. The van der Waals surface area contributed by atoms with Crippen molar-refractivity contribution in [1.29, 1.82) is 0 Å². The van der Waals surface area contributed by atoms with Crippen LogP contribution in [0.25, 0.3) is 10.6 Å². The van der Waals surface area contributed by atoms with Crippen LogP contribution in [-0.2, 0) is 0 Å². The number of nitrogens with zero attached hydrogens (tertiary/aromatic N) is 2. The lowest BCUT2D eigenvalue weighted by atomic mass is 10.2. The van der Waals surface area contributed by atoms with Crippen molar-refractivity contribution >= 4 is 17.2 Å². The van der Waals surface area contributed by atoms with Gasteiger partial charge >= 0.3 is 0 Å². The van der Waals surface area contributed by atoms with Gasteiger partial charge in [-0.1, -0.05) is 0 Å². The highest BCUT2D eigenvalue weighted by atomic mass is 32.1. The molecule has 0 bridgehead atoms. The van der Waals surface area contributed by atoms with Crippen molar-refractivity contribution in [2.45, 2.75) is 26.3 Å². The Bertz CT molecular complexity index is 512. The maximum Gasteiger partial charge on any atom is 0.125 e. The smallest absolute Gasteiger partial charge is 0.125 e. The Hall–Kier alpha value is -1.29. The average Bonchev–Trinajstić information content (AvgIpc) is 2.84. The summed E-state index contributed by atoms with van der Waals surface area (Å²) in [6.45, 7) is 5.40. The molecular formula is C12H15N3S. The predicted octanol–water partition coefficient (Wildman–Crippen LogP) is 3.30. The lowest BCUT2D eigenvalue weighted by molar-refractivity contribution is 0.454. The third kappa shape index (κ3) is 1.53. The van der Waals surface area contributed by atoms with Gasteiger partial charge in [0.25, 0.3) is 0 Å². The molecule has 16 heavy (non-hydrogen) atoms. The second-order valence-electron chi connectivity index (χ2n) is 4.33. The van der Waals surface area contributed by atoms with Gasteiger partial charge in [-0.3, -0.25) is 0 Å². The van der Waals surface area contributed by atoms with Crippen LogP contribution in [0.2, 0.25) is 0 Å². The van der Waals surface area contributed by atoms with E-state index < -0.39 is 0 Å². The summed E-state index contributed by atoms with van der Waals surface area (Å²) in [4.78, 5) is 2.59. The summed E-state index contributed by atoms with van der Waals surface area (Å²) in [6, 6.07) is 6.96. The third-order valence-electron chi connectivity index (χ3n) is 3.01. The van der Waals surface area contributed by atoms with E-state index in [1.54, 1.807) is 11.3 Å². The Labute approximate surface area is 99.1 Å². The lowest BCUT2D eigenvalue weighted by Gasteiger charge is -2.21. The van der Waals surface area contributed by atoms with Crippen molar-refractivity contribution in [3.05, 3.63) is 23.1 Å². The molecule has 0 aromatic carbocycles. The standard InChI is InChI=1S/C12H15N3S/c1-8-5-6-13-12-7-10(14-15(8)12)11-4-3-9(2)16-11/h3-4,7-8,13H,5-6H2,1-2H3. The highest BCUT2D eigenvalue weighted by Gasteiger charge is 2.18. The van der Waals surface area contributed by atoms with Crippen LogP contribution in [0.15, 0.2) is 18.2 Å². The van der Waals surface area contributed by atoms with Gasteiger partial charge in [-0.05, 0) is 32.4 Å². The van der Waals surface area contributed by atoms with E-state index in [0.717, 1.165) is 24.5 Å². The normalized spacial score (nSPS) is 19.2. The maximum atomic E-state index is 4.68. The van der Waals surface area contributed by atoms with Gasteiger partial charge in [0.1, 0.15) is 11.5 Å². The molecule has 1 aliphatic rings. The van der Waals surface area contributed by atoms with Crippen LogP contribution in [0, 0.1) is 6.92 Å². The molecule has 1 N–H and O–H groups in total. The Balaban J connectivity index is 2.04. The molecule has 0 spiro atoms. The van der Waals surface area contributed by atoms with Crippen LogP contribution >= 0.6 is 11.3 Å². The van der Waals surface area contributed by atoms with E-state index in [1.165, 1.54) is 9.75 Å². The van der Waals surface area contributed by atoms with E-state index in [2.05, 4.69) is 47.1 Å². The number of rotatable bonds is 1. The summed E-state index contributed by atoms with van der Waals surface area (Å²) in [5, 5.41) is 8.08. The molecule has 0 amide bonds. The van der Waals surface area contributed by atoms with Crippen molar-refractivity contribution in [3.8, 4) is 10.6 Å². The molecule has 2 aromatic rings. The first kappa shape index (κ1) is 9.90. The molecule has 0 radical (unpaired) electrons. The first-order chi connectivity index (χ1) is 7.74. The van der Waals surface area contributed by atoms with E-state index >= 15 is 0 Å². The number of thiophene rings is 1. The van der Waals surface area contributed by atoms with Gasteiger partial charge in [-0.2, -0.15) is 5.10 Å². The van der Waals surface area contributed by atoms with Gasteiger partial charge < -0.3 is 5.32 Å². The second kappa shape index (κ2) is 3.63. The van der Waals surface area contributed by atoms with Crippen molar-refractivity contribution in [2.24, 2.45) is 0 Å². The highest BCUT2D eigenvalue weighted by molar-refractivity contribution is 7.15. The van der Waals surface area contributed by atoms with Gasteiger partial charge in [-0.25, -0.2) is 4.68 Å². The van der Waals surface area contributed by atoms with E-state index in [-0.39, 0.29) is 0 Å². The Morgan fingerprint density at radius 3 is 3.06 bits per heavy atom. The maximum absolute atomic E-state index is 4.68. The number of nitrogens with one attached hydrogen (secondary N) is 1. The van der Waals surface area contributed by atoms with Crippen molar-refractivity contribution < 1.29 is 0 Å². The number of aryl methyl sites for hydroxylation is 1. The molecule has 0 fully saturated rings.